The molecule has 0 bridgehead atoms. The second-order valence-electron chi connectivity index (χ2n) is 8.14. The van der Waals surface area contributed by atoms with Gasteiger partial charge in [-0.3, -0.25) is 14.7 Å². The minimum atomic E-state index is -0.553. The zero-order valence-electron chi connectivity index (χ0n) is 18.3. The van der Waals surface area contributed by atoms with Gasteiger partial charge in [0.1, 0.15) is 11.8 Å². The van der Waals surface area contributed by atoms with Gasteiger partial charge in [0.15, 0.2) is 0 Å². The molecule has 2 aromatic rings. The lowest BCUT2D eigenvalue weighted by Gasteiger charge is -2.33. The molecule has 34 heavy (non-hydrogen) atoms. The summed E-state index contributed by atoms with van der Waals surface area (Å²) in [6.07, 6.45) is 3.50. The monoisotopic (exact) mass is 509 g/mol. The molecule has 12 heteroatoms. The molecule has 0 atom stereocenters. The molecule has 1 aromatic heterocycles. The van der Waals surface area contributed by atoms with Gasteiger partial charge < -0.3 is 25.0 Å². The predicted octanol–water partition coefficient (Wildman–Crippen LogP) is 3.48. The average Bonchev–Trinajstić information content (AvgIpc) is 3.28. The maximum atomic E-state index is 12.8. The van der Waals surface area contributed by atoms with E-state index in [9.17, 15) is 14.4 Å². The number of halogens is 2. The first-order valence-electron chi connectivity index (χ1n) is 11.0. The molecule has 1 aromatic carbocycles. The summed E-state index contributed by atoms with van der Waals surface area (Å²) in [6, 6.07) is 4.60. The Hall–Kier alpha value is -2.82. The third-order valence-corrected chi connectivity index (χ3v) is 6.46. The SMILES string of the molecule is O=C(NC1CCN(C(=O)OC2CCOCC2)CC1)c1[nH]ncc1NC(=O)c1c(Cl)cccc1Cl. The fraction of sp³-hybridized carbons (Fsp3) is 0.455. The Morgan fingerprint density at radius 1 is 1.06 bits per heavy atom. The third kappa shape index (κ3) is 5.81. The van der Waals surface area contributed by atoms with Crippen molar-refractivity contribution in [1.29, 1.82) is 0 Å². The van der Waals surface area contributed by atoms with Crippen molar-refractivity contribution in [1.82, 2.24) is 20.4 Å². The number of rotatable bonds is 5. The minimum absolute atomic E-state index is 0.103. The van der Waals surface area contributed by atoms with Crippen molar-refractivity contribution in [2.75, 3.05) is 31.6 Å². The number of aromatic nitrogens is 2. The first-order valence-corrected chi connectivity index (χ1v) is 11.8. The molecule has 0 aliphatic carbocycles. The number of ether oxygens (including phenoxy) is 2. The summed E-state index contributed by atoms with van der Waals surface area (Å²) >= 11 is 12.2. The van der Waals surface area contributed by atoms with E-state index in [0.29, 0.717) is 52.0 Å². The summed E-state index contributed by atoms with van der Waals surface area (Å²) in [6.45, 7) is 2.16. The number of piperidine rings is 1. The van der Waals surface area contributed by atoms with Crippen LogP contribution in [0.1, 0.15) is 46.5 Å². The van der Waals surface area contributed by atoms with Gasteiger partial charge in [-0.1, -0.05) is 29.3 Å². The van der Waals surface area contributed by atoms with Gasteiger partial charge >= 0.3 is 6.09 Å². The standard InChI is InChI=1S/C22H25Cl2N5O5/c23-15-2-1-3-16(24)18(15)20(30)27-17-12-25-28-19(17)21(31)26-13-4-8-29(9-5-13)22(32)34-14-6-10-33-11-7-14/h1-3,12-14H,4-11H2,(H,25,28)(H,26,31)(H,27,30). The smallest absolute Gasteiger partial charge is 0.410 e. The summed E-state index contributed by atoms with van der Waals surface area (Å²) in [7, 11) is 0. The molecule has 4 rings (SSSR count). The van der Waals surface area contributed by atoms with E-state index in [2.05, 4.69) is 20.8 Å². The quantitative estimate of drug-likeness (QED) is 0.566. The normalized spacial score (nSPS) is 17.3. The molecule has 0 spiro atoms. The molecule has 3 N–H and O–H groups in total. The summed E-state index contributed by atoms with van der Waals surface area (Å²) in [5.74, 6) is -0.969. The number of nitrogens with zero attached hydrogens (tertiary/aromatic N) is 2. The lowest BCUT2D eigenvalue weighted by molar-refractivity contribution is -0.0122. The number of hydrogen-bond acceptors (Lipinski definition) is 6. The second-order valence-corrected chi connectivity index (χ2v) is 8.95. The van der Waals surface area contributed by atoms with Crippen molar-refractivity contribution in [3.63, 3.8) is 0 Å². The lowest BCUT2D eigenvalue weighted by atomic mass is 10.1. The molecule has 0 radical (unpaired) electrons. The zero-order chi connectivity index (χ0) is 24.1. The largest absolute Gasteiger partial charge is 0.446 e. The van der Waals surface area contributed by atoms with E-state index >= 15 is 0 Å². The molecular formula is C22H25Cl2N5O5. The van der Waals surface area contributed by atoms with Gasteiger partial charge in [-0.2, -0.15) is 5.10 Å². The number of amides is 3. The molecular weight excluding hydrogens is 485 g/mol. The molecule has 0 saturated carbocycles. The molecule has 182 valence electrons. The summed E-state index contributed by atoms with van der Waals surface area (Å²) in [5, 5.41) is 12.4. The number of carbonyl (C=O) groups is 3. The zero-order valence-corrected chi connectivity index (χ0v) is 19.8. The van der Waals surface area contributed by atoms with Crippen LogP contribution in [0.15, 0.2) is 24.4 Å². The molecule has 0 unspecified atom stereocenters. The Bertz CT molecular complexity index is 1030. The van der Waals surface area contributed by atoms with Crippen LogP contribution in [0.25, 0.3) is 0 Å². The lowest BCUT2D eigenvalue weighted by Crippen LogP contribution is -2.47. The third-order valence-electron chi connectivity index (χ3n) is 5.83. The van der Waals surface area contributed by atoms with E-state index in [-0.39, 0.29) is 45.2 Å². The van der Waals surface area contributed by atoms with Gasteiger partial charge in [0.2, 0.25) is 0 Å². The van der Waals surface area contributed by atoms with Crippen LogP contribution in [0.2, 0.25) is 10.0 Å². The van der Waals surface area contributed by atoms with E-state index < -0.39 is 11.8 Å². The highest BCUT2D eigenvalue weighted by Gasteiger charge is 2.28. The van der Waals surface area contributed by atoms with E-state index in [4.69, 9.17) is 32.7 Å². The fourth-order valence-corrected chi connectivity index (χ4v) is 4.50. The van der Waals surface area contributed by atoms with Crippen LogP contribution in [0.5, 0.6) is 0 Å². The number of nitrogens with one attached hydrogen (secondary N) is 3. The Balaban J connectivity index is 1.29. The maximum absolute atomic E-state index is 12.8. The van der Waals surface area contributed by atoms with E-state index in [1.807, 2.05) is 0 Å². The highest BCUT2D eigenvalue weighted by molar-refractivity contribution is 6.40. The first kappa shape index (κ1) is 24.3. The van der Waals surface area contributed by atoms with Crippen LogP contribution in [0, 0.1) is 0 Å². The summed E-state index contributed by atoms with van der Waals surface area (Å²) in [5.41, 5.74) is 0.423. The predicted molar refractivity (Wildman–Crippen MR) is 125 cm³/mol. The first-order chi connectivity index (χ1) is 16.4. The Morgan fingerprint density at radius 2 is 1.74 bits per heavy atom. The van der Waals surface area contributed by atoms with Crippen molar-refractivity contribution >= 4 is 46.8 Å². The molecule has 2 fully saturated rings. The van der Waals surface area contributed by atoms with Crippen LogP contribution in [-0.2, 0) is 9.47 Å². The van der Waals surface area contributed by atoms with Crippen LogP contribution in [0.4, 0.5) is 10.5 Å². The maximum Gasteiger partial charge on any atom is 0.410 e. The van der Waals surface area contributed by atoms with E-state index in [1.165, 1.54) is 6.20 Å². The van der Waals surface area contributed by atoms with Crippen molar-refractivity contribution < 1.29 is 23.9 Å². The van der Waals surface area contributed by atoms with Gasteiger partial charge in [-0.25, -0.2) is 4.79 Å². The summed E-state index contributed by atoms with van der Waals surface area (Å²) in [4.78, 5) is 39.5. The van der Waals surface area contributed by atoms with E-state index in [0.717, 1.165) is 0 Å². The van der Waals surface area contributed by atoms with Crippen molar-refractivity contribution in [2.24, 2.45) is 0 Å². The Morgan fingerprint density at radius 3 is 2.41 bits per heavy atom. The molecule has 2 aliphatic rings. The highest BCUT2D eigenvalue weighted by Crippen LogP contribution is 2.26. The Labute approximate surface area is 206 Å². The number of benzene rings is 1. The molecule has 3 amide bonds. The Kier molecular flexibility index (Phi) is 7.91. The number of likely N-dealkylation sites (tertiary alicyclic amines) is 1. The molecule has 3 heterocycles. The molecule has 2 saturated heterocycles. The highest BCUT2D eigenvalue weighted by atomic mass is 35.5. The topological polar surface area (TPSA) is 126 Å². The van der Waals surface area contributed by atoms with Gasteiger partial charge in [-0.15, -0.1) is 0 Å². The van der Waals surface area contributed by atoms with Crippen molar-refractivity contribution in [2.45, 2.75) is 37.8 Å². The van der Waals surface area contributed by atoms with Gasteiger partial charge in [-0.05, 0) is 25.0 Å². The molecule has 2 aliphatic heterocycles. The van der Waals surface area contributed by atoms with Crippen molar-refractivity contribution in [3.05, 3.63) is 45.7 Å². The average molecular weight is 510 g/mol. The van der Waals surface area contributed by atoms with Crippen LogP contribution in [0.3, 0.4) is 0 Å². The number of anilines is 1. The number of carbonyl (C=O) groups excluding carboxylic acids is 3. The van der Waals surface area contributed by atoms with E-state index in [1.54, 1.807) is 23.1 Å². The minimum Gasteiger partial charge on any atom is -0.446 e. The number of hydrogen-bond donors (Lipinski definition) is 3. The van der Waals surface area contributed by atoms with Crippen LogP contribution >= 0.6 is 23.2 Å². The summed E-state index contributed by atoms with van der Waals surface area (Å²) < 4.78 is 10.8. The van der Waals surface area contributed by atoms with Crippen LogP contribution in [-0.4, -0.2) is 71.5 Å². The van der Waals surface area contributed by atoms with Gasteiger partial charge in [0.25, 0.3) is 11.8 Å². The number of aromatic amines is 1. The van der Waals surface area contributed by atoms with Crippen LogP contribution < -0.4 is 10.6 Å². The number of H-pyrrole nitrogens is 1. The second kappa shape index (κ2) is 11.1. The fourth-order valence-electron chi connectivity index (χ4n) is 3.93. The van der Waals surface area contributed by atoms with Gasteiger partial charge in [0, 0.05) is 32.0 Å². The molecule has 10 nitrogen and oxygen atoms in total. The van der Waals surface area contributed by atoms with Crippen molar-refractivity contribution in [3.8, 4) is 0 Å². The van der Waals surface area contributed by atoms with Gasteiger partial charge in [0.05, 0.1) is 40.7 Å².